The summed E-state index contributed by atoms with van der Waals surface area (Å²) in [5, 5.41) is 0. The zero-order chi connectivity index (χ0) is 15.8. The standard InChI is InChI=1S/C20H28N/c1-19(2,3)16-11-15(12-17(13-16)20(4,5)6)18(21)14-9-7-8-10-14/h7-13,18H,21H2,1-6H3/t18-/m0/s1. The molecule has 1 atom stereocenters. The Morgan fingerprint density at radius 3 is 1.57 bits per heavy atom. The number of benzene rings is 1. The Morgan fingerprint density at radius 2 is 1.19 bits per heavy atom. The highest BCUT2D eigenvalue weighted by Crippen LogP contribution is 2.37. The van der Waals surface area contributed by atoms with Crippen molar-refractivity contribution in [1.82, 2.24) is 0 Å². The third-order valence-electron chi connectivity index (χ3n) is 4.09. The number of nitrogens with two attached hydrogens (primary N) is 1. The lowest BCUT2D eigenvalue weighted by atomic mass is 9.78. The maximum absolute atomic E-state index is 6.49. The molecule has 1 heteroatoms. The quantitative estimate of drug-likeness (QED) is 0.837. The lowest BCUT2D eigenvalue weighted by molar-refractivity contribution is 0.565. The van der Waals surface area contributed by atoms with E-state index >= 15 is 0 Å². The van der Waals surface area contributed by atoms with E-state index in [4.69, 9.17) is 5.73 Å². The third-order valence-corrected chi connectivity index (χ3v) is 4.09. The van der Waals surface area contributed by atoms with Crippen LogP contribution in [0.25, 0.3) is 0 Å². The van der Waals surface area contributed by atoms with Gasteiger partial charge in [-0.15, -0.1) is 0 Å². The normalized spacial score (nSPS) is 19.0. The van der Waals surface area contributed by atoms with Crippen LogP contribution < -0.4 is 5.73 Å². The van der Waals surface area contributed by atoms with E-state index in [0.717, 1.165) is 0 Å². The van der Waals surface area contributed by atoms with Crippen molar-refractivity contribution in [2.24, 2.45) is 5.73 Å². The van der Waals surface area contributed by atoms with Crippen molar-refractivity contribution in [3.63, 3.8) is 0 Å². The Balaban J connectivity index is 2.44. The van der Waals surface area contributed by atoms with Crippen molar-refractivity contribution in [3.05, 3.63) is 66.5 Å². The fourth-order valence-corrected chi connectivity index (χ4v) is 2.49. The second kappa shape index (κ2) is 5.76. The monoisotopic (exact) mass is 282 g/mol. The summed E-state index contributed by atoms with van der Waals surface area (Å²) in [5.74, 6) is 1.18. The smallest absolute Gasteiger partial charge is 0.0364 e. The Bertz CT molecular complexity index is 449. The molecule has 1 saturated carbocycles. The molecular formula is C20H28N. The molecule has 0 spiro atoms. The lowest BCUT2D eigenvalue weighted by Crippen LogP contribution is -2.22. The summed E-state index contributed by atoms with van der Waals surface area (Å²) in [6.45, 7) is 13.5. The van der Waals surface area contributed by atoms with Crippen LogP contribution in [0.1, 0.15) is 64.3 Å². The van der Waals surface area contributed by atoms with Crippen LogP contribution in [-0.2, 0) is 10.8 Å². The molecule has 1 aromatic carbocycles. The van der Waals surface area contributed by atoms with Crippen LogP contribution in [0.4, 0.5) is 0 Å². The fraction of sp³-hybridized carbons (Fsp3) is 0.450. The van der Waals surface area contributed by atoms with Gasteiger partial charge in [0.25, 0.3) is 0 Å². The van der Waals surface area contributed by atoms with E-state index in [2.05, 4.69) is 72.6 Å². The minimum Gasteiger partial charge on any atom is -0.323 e. The van der Waals surface area contributed by atoms with E-state index in [0.29, 0.717) is 0 Å². The summed E-state index contributed by atoms with van der Waals surface area (Å²) in [6, 6.07) is 6.82. The van der Waals surface area contributed by atoms with Crippen LogP contribution in [0.15, 0.2) is 18.2 Å². The van der Waals surface area contributed by atoms with Gasteiger partial charge in [-0.05, 0) is 53.2 Å². The van der Waals surface area contributed by atoms with Crippen LogP contribution in [0.3, 0.4) is 0 Å². The second-order valence-corrected chi connectivity index (χ2v) is 8.04. The van der Waals surface area contributed by atoms with E-state index in [-0.39, 0.29) is 16.9 Å². The first-order valence-corrected chi connectivity index (χ1v) is 7.72. The summed E-state index contributed by atoms with van der Waals surface area (Å²) in [5.41, 5.74) is 10.7. The van der Waals surface area contributed by atoms with Gasteiger partial charge in [0.05, 0.1) is 0 Å². The largest absolute Gasteiger partial charge is 0.323 e. The van der Waals surface area contributed by atoms with Gasteiger partial charge >= 0.3 is 0 Å². The molecule has 0 aromatic heterocycles. The highest BCUT2D eigenvalue weighted by Gasteiger charge is 2.27. The second-order valence-electron chi connectivity index (χ2n) is 8.04. The van der Waals surface area contributed by atoms with Gasteiger partial charge in [-0.2, -0.15) is 0 Å². The first-order valence-electron chi connectivity index (χ1n) is 7.72. The van der Waals surface area contributed by atoms with E-state index in [1.165, 1.54) is 22.6 Å². The first-order chi connectivity index (χ1) is 9.59. The van der Waals surface area contributed by atoms with E-state index in [1.54, 1.807) is 0 Å². The zero-order valence-corrected chi connectivity index (χ0v) is 14.2. The summed E-state index contributed by atoms with van der Waals surface area (Å²) in [6.07, 6.45) is 8.30. The maximum Gasteiger partial charge on any atom is 0.0364 e. The average Bonchev–Trinajstić information content (AvgIpc) is 2.89. The predicted molar refractivity (Wildman–Crippen MR) is 91.2 cm³/mol. The number of hydrogen-bond acceptors (Lipinski definition) is 1. The predicted octanol–water partition coefficient (Wildman–Crippen LogP) is 4.69. The Labute approximate surface area is 131 Å². The average molecular weight is 282 g/mol. The topological polar surface area (TPSA) is 26.0 Å². The van der Waals surface area contributed by atoms with Gasteiger partial charge in [-0.25, -0.2) is 0 Å². The molecule has 1 fully saturated rings. The molecule has 0 aliphatic heterocycles. The van der Waals surface area contributed by atoms with Gasteiger partial charge in [0.15, 0.2) is 0 Å². The highest BCUT2D eigenvalue weighted by molar-refractivity contribution is 5.46. The molecule has 1 aromatic rings. The van der Waals surface area contributed by atoms with Crippen molar-refractivity contribution in [2.75, 3.05) is 0 Å². The van der Waals surface area contributed by atoms with Gasteiger partial charge in [0.1, 0.15) is 0 Å². The Kier molecular flexibility index (Phi) is 4.54. The summed E-state index contributed by atoms with van der Waals surface area (Å²) >= 11 is 0. The molecular weight excluding hydrogens is 254 g/mol. The molecule has 113 valence electrons. The molecule has 0 heterocycles. The van der Waals surface area contributed by atoms with Crippen molar-refractivity contribution in [3.8, 4) is 0 Å². The SMILES string of the molecule is CC(C)(C)c1cc([C@@H](N)[C]2[CH][CH][CH][CH]2)cc(C(C)(C)C)c1. The minimum atomic E-state index is -0.0524. The van der Waals surface area contributed by atoms with Crippen LogP contribution in [0.2, 0.25) is 0 Å². The molecule has 21 heavy (non-hydrogen) atoms. The van der Waals surface area contributed by atoms with Gasteiger partial charge in [-0.1, -0.05) is 59.7 Å². The molecule has 1 aliphatic rings. The molecule has 1 nitrogen and oxygen atoms in total. The summed E-state index contributed by atoms with van der Waals surface area (Å²) in [4.78, 5) is 0. The van der Waals surface area contributed by atoms with Gasteiger partial charge < -0.3 is 5.73 Å². The maximum atomic E-state index is 6.49. The van der Waals surface area contributed by atoms with Crippen molar-refractivity contribution >= 4 is 0 Å². The van der Waals surface area contributed by atoms with Crippen LogP contribution in [0.5, 0.6) is 0 Å². The van der Waals surface area contributed by atoms with Crippen LogP contribution in [-0.4, -0.2) is 0 Å². The van der Waals surface area contributed by atoms with Gasteiger partial charge in [0, 0.05) is 12.0 Å². The zero-order valence-electron chi connectivity index (χ0n) is 14.2. The summed E-state index contributed by atoms with van der Waals surface area (Å²) in [7, 11) is 0. The molecule has 0 unspecified atom stereocenters. The molecule has 0 amide bonds. The molecule has 2 rings (SSSR count). The van der Waals surface area contributed by atoms with Crippen molar-refractivity contribution < 1.29 is 0 Å². The van der Waals surface area contributed by atoms with Gasteiger partial charge in [-0.3, -0.25) is 0 Å². The third kappa shape index (κ3) is 3.88. The molecule has 0 saturated heterocycles. The van der Waals surface area contributed by atoms with Crippen molar-refractivity contribution in [2.45, 2.75) is 58.4 Å². The first kappa shape index (κ1) is 16.5. The lowest BCUT2D eigenvalue weighted by Gasteiger charge is -2.28. The Morgan fingerprint density at radius 1 is 0.762 bits per heavy atom. The molecule has 5 radical (unpaired) electrons. The van der Waals surface area contributed by atoms with Crippen molar-refractivity contribution in [1.29, 1.82) is 0 Å². The van der Waals surface area contributed by atoms with E-state index in [1.807, 2.05) is 12.8 Å². The highest BCUT2D eigenvalue weighted by atomic mass is 14.7. The van der Waals surface area contributed by atoms with E-state index < -0.39 is 0 Å². The Hall–Kier alpha value is -0.820. The molecule has 2 N–H and O–H groups in total. The molecule has 1 aliphatic carbocycles. The van der Waals surface area contributed by atoms with Crippen LogP contribution >= 0.6 is 0 Å². The van der Waals surface area contributed by atoms with E-state index in [9.17, 15) is 0 Å². The minimum absolute atomic E-state index is 0.0524. The fourth-order valence-electron chi connectivity index (χ4n) is 2.49. The number of hydrogen-bond donors (Lipinski definition) is 1. The number of rotatable bonds is 2. The van der Waals surface area contributed by atoms with Gasteiger partial charge in [0.2, 0.25) is 0 Å². The van der Waals surface area contributed by atoms with Crippen LogP contribution in [0, 0.1) is 31.6 Å². The molecule has 0 bridgehead atoms. The summed E-state index contributed by atoms with van der Waals surface area (Å²) < 4.78 is 0.